The van der Waals surface area contributed by atoms with E-state index in [-0.39, 0.29) is 6.03 Å². The van der Waals surface area contributed by atoms with Gasteiger partial charge in [-0.1, -0.05) is 24.3 Å². The lowest BCUT2D eigenvalue weighted by Crippen LogP contribution is -2.30. The molecule has 0 radical (unpaired) electrons. The second-order valence-electron chi connectivity index (χ2n) is 4.84. The van der Waals surface area contributed by atoms with Gasteiger partial charge >= 0.3 is 6.03 Å². The zero-order chi connectivity index (χ0) is 15.9. The molecule has 0 spiro atoms. The topological polar surface area (TPSA) is 50.8 Å². The molecule has 0 aliphatic carbocycles. The van der Waals surface area contributed by atoms with Gasteiger partial charge in [0, 0.05) is 13.6 Å². The smallest absolute Gasteiger partial charge is 0.321 e. The highest BCUT2D eigenvalue weighted by Crippen LogP contribution is 2.23. The summed E-state index contributed by atoms with van der Waals surface area (Å²) >= 11 is 0. The molecule has 2 aromatic carbocycles. The van der Waals surface area contributed by atoms with Crippen molar-refractivity contribution in [3.63, 3.8) is 0 Å². The van der Waals surface area contributed by atoms with Crippen LogP contribution >= 0.6 is 0 Å². The molecule has 5 heteroatoms. The van der Waals surface area contributed by atoms with E-state index >= 15 is 0 Å². The lowest BCUT2D eigenvalue weighted by Gasteiger charge is -2.19. The lowest BCUT2D eigenvalue weighted by molar-refractivity contribution is 0.220. The zero-order valence-electron chi connectivity index (χ0n) is 13.0. The van der Waals surface area contributed by atoms with Crippen LogP contribution in [0, 0.1) is 0 Å². The van der Waals surface area contributed by atoms with Crippen molar-refractivity contribution in [2.24, 2.45) is 0 Å². The van der Waals surface area contributed by atoms with Gasteiger partial charge in [0.25, 0.3) is 0 Å². The monoisotopic (exact) mass is 300 g/mol. The standard InChI is InChI=1S/C17H20N2O3/c1-19(12-13-7-6-8-14(11-13)21-2)17(20)18-15-9-4-5-10-16(15)22-3/h4-11H,12H2,1-3H3,(H,18,20). The molecular weight excluding hydrogens is 280 g/mol. The number of urea groups is 1. The maximum absolute atomic E-state index is 12.3. The fourth-order valence-electron chi connectivity index (χ4n) is 2.08. The third-order valence-corrected chi connectivity index (χ3v) is 3.25. The SMILES string of the molecule is COc1cccc(CN(C)C(=O)Nc2ccccc2OC)c1. The van der Waals surface area contributed by atoms with E-state index in [0.29, 0.717) is 18.0 Å². The summed E-state index contributed by atoms with van der Waals surface area (Å²) in [4.78, 5) is 13.9. The number of rotatable bonds is 5. The van der Waals surface area contributed by atoms with Gasteiger partial charge in [0.1, 0.15) is 11.5 Å². The summed E-state index contributed by atoms with van der Waals surface area (Å²) in [5.41, 5.74) is 1.64. The first-order chi connectivity index (χ1) is 10.6. The first-order valence-electron chi connectivity index (χ1n) is 6.92. The van der Waals surface area contributed by atoms with Gasteiger partial charge in [0.2, 0.25) is 0 Å². The first-order valence-corrected chi connectivity index (χ1v) is 6.92. The molecule has 0 fully saturated rings. The largest absolute Gasteiger partial charge is 0.497 e. The van der Waals surface area contributed by atoms with Crippen LogP contribution < -0.4 is 14.8 Å². The van der Waals surface area contributed by atoms with Crippen molar-refractivity contribution in [2.75, 3.05) is 26.6 Å². The fraction of sp³-hybridized carbons (Fsp3) is 0.235. The first kappa shape index (κ1) is 15.7. The minimum Gasteiger partial charge on any atom is -0.497 e. The number of nitrogens with one attached hydrogen (secondary N) is 1. The molecule has 116 valence electrons. The fourth-order valence-corrected chi connectivity index (χ4v) is 2.08. The number of methoxy groups -OCH3 is 2. The van der Waals surface area contributed by atoms with Crippen molar-refractivity contribution < 1.29 is 14.3 Å². The number of anilines is 1. The highest BCUT2D eigenvalue weighted by atomic mass is 16.5. The van der Waals surface area contributed by atoms with Crippen LogP contribution in [-0.4, -0.2) is 32.2 Å². The van der Waals surface area contributed by atoms with E-state index in [9.17, 15) is 4.79 Å². The van der Waals surface area contributed by atoms with Crippen LogP contribution in [0.15, 0.2) is 48.5 Å². The van der Waals surface area contributed by atoms with Gasteiger partial charge in [-0.2, -0.15) is 0 Å². The average Bonchev–Trinajstić information content (AvgIpc) is 2.55. The Labute approximate surface area is 130 Å². The van der Waals surface area contributed by atoms with Crippen LogP contribution in [0.25, 0.3) is 0 Å². The molecule has 0 atom stereocenters. The predicted octanol–water partition coefficient (Wildman–Crippen LogP) is 3.37. The summed E-state index contributed by atoms with van der Waals surface area (Å²) in [6.45, 7) is 0.484. The Hall–Kier alpha value is -2.69. The summed E-state index contributed by atoms with van der Waals surface area (Å²) in [6, 6.07) is 14.7. The average molecular weight is 300 g/mol. The number of benzene rings is 2. The third kappa shape index (κ3) is 3.91. The molecule has 0 aliphatic heterocycles. The minimum absolute atomic E-state index is 0.202. The molecule has 1 N–H and O–H groups in total. The van der Waals surface area contributed by atoms with Gasteiger partial charge in [0.15, 0.2) is 0 Å². The molecule has 22 heavy (non-hydrogen) atoms. The summed E-state index contributed by atoms with van der Waals surface area (Å²) < 4.78 is 10.4. The number of hydrogen-bond acceptors (Lipinski definition) is 3. The summed E-state index contributed by atoms with van der Waals surface area (Å²) in [7, 11) is 4.94. The van der Waals surface area contributed by atoms with Crippen LogP contribution in [0.1, 0.15) is 5.56 Å². The van der Waals surface area contributed by atoms with Crippen molar-refractivity contribution in [3.05, 3.63) is 54.1 Å². The second kappa shape index (κ2) is 7.36. The Morgan fingerprint density at radius 1 is 1.09 bits per heavy atom. The van der Waals surface area contributed by atoms with Crippen molar-refractivity contribution >= 4 is 11.7 Å². The minimum atomic E-state index is -0.202. The molecule has 0 unspecified atom stereocenters. The summed E-state index contributed by atoms with van der Waals surface area (Å²) in [5, 5.41) is 2.84. The normalized spacial score (nSPS) is 9.95. The Balaban J connectivity index is 2.02. The number of para-hydroxylation sites is 2. The van der Waals surface area contributed by atoms with Crippen molar-refractivity contribution in [1.29, 1.82) is 0 Å². The quantitative estimate of drug-likeness (QED) is 0.921. The highest BCUT2D eigenvalue weighted by Gasteiger charge is 2.12. The number of amides is 2. The Bertz CT molecular complexity index is 643. The van der Waals surface area contributed by atoms with Gasteiger partial charge in [-0.05, 0) is 29.8 Å². The molecule has 0 aliphatic rings. The van der Waals surface area contributed by atoms with Crippen molar-refractivity contribution in [2.45, 2.75) is 6.54 Å². The Morgan fingerprint density at radius 2 is 1.86 bits per heavy atom. The van der Waals surface area contributed by atoms with Crippen molar-refractivity contribution in [1.82, 2.24) is 4.90 Å². The Kier molecular flexibility index (Phi) is 5.25. The number of hydrogen-bond donors (Lipinski definition) is 1. The number of ether oxygens (including phenoxy) is 2. The number of carbonyl (C=O) groups is 1. The molecule has 5 nitrogen and oxygen atoms in total. The van der Waals surface area contributed by atoms with Gasteiger partial charge in [-0.25, -0.2) is 4.79 Å². The molecule has 0 saturated heterocycles. The van der Waals surface area contributed by atoms with E-state index in [0.717, 1.165) is 11.3 Å². The van der Waals surface area contributed by atoms with Crippen LogP contribution in [0.4, 0.5) is 10.5 Å². The van der Waals surface area contributed by atoms with Crippen LogP contribution in [-0.2, 0) is 6.54 Å². The molecule has 0 bridgehead atoms. The molecule has 0 saturated carbocycles. The van der Waals surface area contributed by atoms with Gasteiger partial charge < -0.3 is 19.7 Å². The van der Waals surface area contributed by atoms with Crippen molar-refractivity contribution in [3.8, 4) is 11.5 Å². The third-order valence-electron chi connectivity index (χ3n) is 3.25. The van der Waals surface area contributed by atoms with E-state index in [1.54, 1.807) is 38.3 Å². The van der Waals surface area contributed by atoms with Crippen LogP contribution in [0.3, 0.4) is 0 Å². The molecule has 2 aromatic rings. The van der Waals surface area contributed by atoms with E-state index < -0.39 is 0 Å². The van der Waals surface area contributed by atoms with Crippen LogP contribution in [0.2, 0.25) is 0 Å². The Morgan fingerprint density at radius 3 is 2.59 bits per heavy atom. The predicted molar refractivity (Wildman–Crippen MR) is 86.5 cm³/mol. The zero-order valence-corrected chi connectivity index (χ0v) is 13.0. The van der Waals surface area contributed by atoms with Gasteiger partial charge in [-0.15, -0.1) is 0 Å². The maximum atomic E-state index is 12.3. The lowest BCUT2D eigenvalue weighted by atomic mass is 10.2. The molecular formula is C17H20N2O3. The van der Waals surface area contributed by atoms with E-state index in [1.807, 2.05) is 36.4 Å². The van der Waals surface area contributed by atoms with Crippen LogP contribution in [0.5, 0.6) is 11.5 Å². The molecule has 2 rings (SSSR count). The van der Waals surface area contributed by atoms with E-state index in [4.69, 9.17) is 9.47 Å². The van der Waals surface area contributed by atoms with E-state index in [2.05, 4.69) is 5.32 Å². The summed E-state index contributed by atoms with van der Waals surface area (Å²) in [5.74, 6) is 1.40. The second-order valence-corrected chi connectivity index (χ2v) is 4.84. The maximum Gasteiger partial charge on any atom is 0.321 e. The molecule has 2 amide bonds. The molecule has 0 heterocycles. The molecule has 0 aromatic heterocycles. The van der Waals surface area contributed by atoms with Gasteiger partial charge in [0.05, 0.1) is 19.9 Å². The van der Waals surface area contributed by atoms with Gasteiger partial charge in [-0.3, -0.25) is 0 Å². The number of carbonyl (C=O) groups excluding carboxylic acids is 1. The number of nitrogens with zero attached hydrogens (tertiary/aromatic N) is 1. The summed E-state index contributed by atoms with van der Waals surface area (Å²) in [6.07, 6.45) is 0. The van der Waals surface area contributed by atoms with E-state index in [1.165, 1.54) is 0 Å². The highest BCUT2D eigenvalue weighted by molar-refractivity contribution is 5.90.